The number of anilines is 1. The van der Waals surface area contributed by atoms with Gasteiger partial charge in [0.1, 0.15) is 5.69 Å². The molecule has 3 N–H and O–H groups in total. The van der Waals surface area contributed by atoms with Crippen molar-refractivity contribution in [1.29, 1.82) is 0 Å². The molecule has 0 atom stereocenters. The van der Waals surface area contributed by atoms with Gasteiger partial charge in [-0.2, -0.15) is 0 Å². The third-order valence-corrected chi connectivity index (χ3v) is 6.53. The van der Waals surface area contributed by atoms with E-state index in [1.54, 1.807) is 0 Å². The molecule has 33 heavy (non-hydrogen) atoms. The van der Waals surface area contributed by atoms with E-state index in [-0.39, 0.29) is 11.9 Å². The number of hydrogen-bond donors (Lipinski definition) is 2. The zero-order valence-electron chi connectivity index (χ0n) is 18.3. The Bertz CT molecular complexity index is 1350. The fourth-order valence-electron chi connectivity index (χ4n) is 4.60. The number of nitrogens with two attached hydrogens (primary N) is 1. The van der Waals surface area contributed by atoms with Gasteiger partial charge in [-0.25, -0.2) is 9.97 Å². The SMILES string of the molecule is Nc1nc(C(=O)N2Cc3ccccc3C2)c2cc(-c3ccccc3CNC3CC3)ccc2n1. The number of amides is 1. The number of carbonyl (C=O) groups excluding carboxylic acids is 1. The quantitative estimate of drug-likeness (QED) is 0.489. The van der Waals surface area contributed by atoms with Crippen LogP contribution < -0.4 is 11.1 Å². The van der Waals surface area contributed by atoms with Gasteiger partial charge in [0.05, 0.1) is 5.52 Å². The van der Waals surface area contributed by atoms with Crippen molar-refractivity contribution in [2.24, 2.45) is 0 Å². The smallest absolute Gasteiger partial charge is 0.273 e. The molecule has 1 aliphatic heterocycles. The van der Waals surface area contributed by atoms with Crippen LogP contribution >= 0.6 is 0 Å². The second kappa shape index (κ2) is 7.98. The van der Waals surface area contributed by atoms with Gasteiger partial charge in [-0.1, -0.05) is 54.6 Å². The van der Waals surface area contributed by atoms with E-state index in [1.165, 1.54) is 29.5 Å². The van der Waals surface area contributed by atoms with Crippen LogP contribution in [-0.4, -0.2) is 26.8 Å². The van der Waals surface area contributed by atoms with Crippen molar-refractivity contribution in [3.8, 4) is 11.1 Å². The van der Waals surface area contributed by atoms with Crippen molar-refractivity contribution < 1.29 is 4.79 Å². The number of hydrogen-bond acceptors (Lipinski definition) is 5. The molecule has 0 saturated heterocycles. The van der Waals surface area contributed by atoms with Gasteiger partial charge in [-0.3, -0.25) is 4.79 Å². The third-order valence-electron chi connectivity index (χ3n) is 6.53. The van der Waals surface area contributed by atoms with Gasteiger partial charge in [0.25, 0.3) is 5.91 Å². The van der Waals surface area contributed by atoms with Crippen molar-refractivity contribution in [1.82, 2.24) is 20.2 Å². The molecule has 164 valence electrons. The number of nitrogens with one attached hydrogen (secondary N) is 1. The Kier molecular flexibility index (Phi) is 4.80. The summed E-state index contributed by atoms with van der Waals surface area (Å²) >= 11 is 0. The lowest BCUT2D eigenvalue weighted by atomic mass is 9.97. The van der Waals surface area contributed by atoms with Gasteiger partial charge >= 0.3 is 0 Å². The number of nitrogen functional groups attached to an aromatic ring is 1. The highest BCUT2D eigenvalue weighted by Gasteiger charge is 2.27. The summed E-state index contributed by atoms with van der Waals surface area (Å²) in [7, 11) is 0. The normalized spacial score (nSPS) is 15.1. The van der Waals surface area contributed by atoms with Crippen LogP contribution in [0, 0.1) is 0 Å². The van der Waals surface area contributed by atoms with Crippen LogP contribution in [0.4, 0.5) is 5.95 Å². The summed E-state index contributed by atoms with van der Waals surface area (Å²) in [6.07, 6.45) is 2.51. The van der Waals surface area contributed by atoms with Crippen molar-refractivity contribution in [3.63, 3.8) is 0 Å². The topological polar surface area (TPSA) is 84.1 Å². The molecular weight excluding hydrogens is 410 g/mol. The van der Waals surface area contributed by atoms with Crippen molar-refractivity contribution >= 4 is 22.8 Å². The van der Waals surface area contributed by atoms with Gasteiger partial charge in [-0.15, -0.1) is 0 Å². The average Bonchev–Trinajstić information content (AvgIpc) is 3.57. The van der Waals surface area contributed by atoms with Crippen molar-refractivity contribution in [3.05, 3.63) is 89.1 Å². The molecular formula is C27H25N5O. The van der Waals surface area contributed by atoms with Crippen LogP contribution in [-0.2, 0) is 19.6 Å². The molecule has 1 aliphatic carbocycles. The molecule has 0 spiro atoms. The van der Waals surface area contributed by atoms with Crippen LogP contribution in [0.2, 0.25) is 0 Å². The first kappa shape index (κ1) is 19.9. The maximum atomic E-state index is 13.6. The van der Waals surface area contributed by atoms with E-state index in [0.29, 0.717) is 30.3 Å². The standard InChI is InChI=1S/C27H25N5O/c28-27-30-24-12-9-17(22-8-4-3-5-18(22)14-29-21-10-11-21)13-23(24)25(31-27)26(33)32-15-19-6-1-2-7-20(19)16-32/h1-9,12-13,21,29H,10-11,14-16H2,(H2,28,30,31). The number of carbonyl (C=O) groups is 1. The first-order valence-electron chi connectivity index (χ1n) is 11.4. The fourth-order valence-corrected chi connectivity index (χ4v) is 4.60. The van der Waals surface area contributed by atoms with Gasteiger partial charge in [0, 0.05) is 31.1 Å². The van der Waals surface area contributed by atoms with Crippen LogP contribution in [0.5, 0.6) is 0 Å². The predicted molar refractivity (Wildman–Crippen MR) is 129 cm³/mol. The molecule has 6 rings (SSSR count). The van der Waals surface area contributed by atoms with E-state index in [0.717, 1.165) is 23.1 Å². The lowest BCUT2D eigenvalue weighted by Crippen LogP contribution is -2.27. The molecule has 2 aliphatic rings. The highest BCUT2D eigenvalue weighted by Crippen LogP contribution is 2.31. The van der Waals surface area contributed by atoms with Crippen LogP contribution in [0.3, 0.4) is 0 Å². The zero-order chi connectivity index (χ0) is 22.4. The van der Waals surface area contributed by atoms with Crippen molar-refractivity contribution in [2.75, 3.05) is 5.73 Å². The molecule has 0 bridgehead atoms. The van der Waals surface area contributed by atoms with Gasteiger partial charge < -0.3 is 16.0 Å². The molecule has 1 saturated carbocycles. The first-order valence-corrected chi connectivity index (χ1v) is 11.4. The van der Waals surface area contributed by atoms with Crippen molar-refractivity contribution in [2.45, 2.75) is 38.5 Å². The number of nitrogens with zero attached hydrogens (tertiary/aromatic N) is 3. The lowest BCUT2D eigenvalue weighted by Gasteiger charge is -2.17. The summed E-state index contributed by atoms with van der Waals surface area (Å²) in [6.45, 7) is 1.99. The Hall–Kier alpha value is -3.77. The van der Waals surface area contributed by atoms with E-state index in [9.17, 15) is 4.79 Å². The lowest BCUT2D eigenvalue weighted by molar-refractivity contribution is 0.0747. The Morgan fingerprint density at radius 2 is 1.70 bits per heavy atom. The molecule has 0 radical (unpaired) electrons. The molecule has 1 aromatic heterocycles. The fraction of sp³-hybridized carbons (Fsp3) is 0.222. The average molecular weight is 436 g/mol. The predicted octanol–water partition coefficient (Wildman–Crippen LogP) is 4.29. The molecule has 1 fully saturated rings. The van der Waals surface area contributed by atoms with Crippen LogP contribution in [0.1, 0.15) is 40.0 Å². The highest BCUT2D eigenvalue weighted by molar-refractivity contribution is 6.05. The maximum Gasteiger partial charge on any atom is 0.273 e. The molecule has 6 heteroatoms. The first-order chi connectivity index (χ1) is 16.2. The Morgan fingerprint density at radius 3 is 2.45 bits per heavy atom. The van der Waals surface area contributed by atoms with Gasteiger partial charge in [0.15, 0.2) is 0 Å². The monoisotopic (exact) mass is 435 g/mol. The minimum Gasteiger partial charge on any atom is -0.368 e. The largest absolute Gasteiger partial charge is 0.368 e. The molecule has 3 aromatic carbocycles. The molecule has 0 unspecified atom stereocenters. The van der Waals surface area contributed by atoms with E-state index in [1.807, 2.05) is 41.3 Å². The Balaban J connectivity index is 1.39. The Morgan fingerprint density at radius 1 is 0.970 bits per heavy atom. The second-order valence-electron chi connectivity index (χ2n) is 8.90. The molecule has 2 heterocycles. The number of benzene rings is 3. The number of aromatic nitrogens is 2. The summed E-state index contributed by atoms with van der Waals surface area (Å²) < 4.78 is 0. The van der Waals surface area contributed by atoms with Crippen LogP contribution in [0.15, 0.2) is 66.7 Å². The third kappa shape index (κ3) is 3.83. The minimum atomic E-state index is -0.119. The summed E-state index contributed by atoms with van der Waals surface area (Å²) in [4.78, 5) is 24.2. The Labute approximate surface area is 192 Å². The minimum absolute atomic E-state index is 0.115. The summed E-state index contributed by atoms with van der Waals surface area (Å²) in [6, 6.07) is 23.2. The molecule has 4 aromatic rings. The zero-order valence-corrected chi connectivity index (χ0v) is 18.3. The molecule has 6 nitrogen and oxygen atoms in total. The maximum absolute atomic E-state index is 13.6. The van der Waals surface area contributed by atoms with E-state index in [2.05, 4.69) is 45.6 Å². The van der Waals surface area contributed by atoms with E-state index < -0.39 is 0 Å². The van der Waals surface area contributed by atoms with Crippen LogP contribution in [0.25, 0.3) is 22.0 Å². The summed E-state index contributed by atoms with van der Waals surface area (Å²) in [5, 5.41) is 4.33. The van der Waals surface area contributed by atoms with E-state index in [4.69, 9.17) is 5.73 Å². The van der Waals surface area contributed by atoms with Gasteiger partial charge in [-0.05, 0) is 52.8 Å². The summed E-state index contributed by atoms with van der Waals surface area (Å²) in [5.74, 6) is -0.00419. The second-order valence-corrected chi connectivity index (χ2v) is 8.90. The summed E-state index contributed by atoms with van der Waals surface area (Å²) in [5.41, 5.74) is 12.8. The molecule has 1 amide bonds. The van der Waals surface area contributed by atoms with E-state index >= 15 is 0 Å². The van der Waals surface area contributed by atoms with Gasteiger partial charge in [0.2, 0.25) is 5.95 Å². The number of rotatable bonds is 5. The number of fused-ring (bicyclic) bond motifs is 2. The highest BCUT2D eigenvalue weighted by atomic mass is 16.2.